The van der Waals surface area contributed by atoms with Crippen LogP contribution in [-0.2, 0) is 32.7 Å². The fourth-order valence-electron chi connectivity index (χ4n) is 5.93. The normalized spacial score (nSPS) is 11.8. The zero-order valence-electron chi connectivity index (χ0n) is 27.4. The van der Waals surface area contributed by atoms with E-state index in [4.69, 9.17) is 17.0 Å². The van der Waals surface area contributed by atoms with Crippen LogP contribution in [0.25, 0.3) is 33.0 Å². The van der Waals surface area contributed by atoms with E-state index in [1.807, 2.05) is 6.07 Å². The molecule has 2 radical (unpaired) electrons. The van der Waals surface area contributed by atoms with Gasteiger partial charge in [0.05, 0.1) is 9.52 Å². The van der Waals surface area contributed by atoms with Gasteiger partial charge in [-0.25, -0.2) is 0 Å². The molecule has 1 aliphatic rings. The minimum Gasteiger partial charge on any atom is -0.184 e. The third kappa shape index (κ3) is 8.30. The molecular weight excluding hydrogens is 671 g/mol. The van der Waals surface area contributed by atoms with Gasteiger partial charge in [0.25, 0.3) is 0 Å². The number of hydrogen-bond acceptors (Lipinski definition) is 0. The van der Waals surface area contributed by atoms with Gasteiger partial charge in [-0.2, -0.15) is 35.5 Å². The Labute approximate surface area is 287 Å². The summed E-state index contributed by atoms with van der Waals surface area (Å²) in [5, 5.41) is 5.63. The standard InChI is InChI=1S/C28H37.C12H7Si.2ClH.Zr/c1-9-10-20-13-21-11-12-26(28(6,7)8)27(25(21)14-20)24-16-22(18(2)3)15-23(17-24)19(4)5;1-3-7-11-9(5-1)10-6-2-4-8-12(10)13-11;;;/h11-19H,9-10H2,1-8H3;1-7H;2*1H;/q2*-1;;;+4/p-2. The van der Waals surface area contributed by atoms with E-state index in [2.05, 4.69) is 140 Å². The van der Waals surface area contributed by atoms with Crippen LogP contribution in [0.15, 0.2) is 84.9 Å². The molecule has 0 aromatic heterocycles. The molecule has 0 nitrogen and oxygen atoms in total. The van der Waals surface area contributed by atoms with Crippen LogP contribution in [0, 0.1) is 6.07 Å². The van der Waals surface area contributed by atoms with Crippen LogP contribution in [0.1, 0.15) is 95.9 Å². The Kier molecular flexibility index (Phi) is 12.5. The van der Waals surface area contributed by atoms with E-state index in [0.29, 0.717) is 11.8 Å². The second-order valence-electron chi connectivity index (χ2n) is 13.3. The number of halogens is 2. The SMILES string of the molecule is CCCc1cc2c(-c3cc(C(C)C)cc(C(C)C)c3)c(C(C)(C)C)ccc2[cH-]1.[Cl][Zr+2][Cl].[c-]1cccc2c1[Si]c1ccccc1-2. The Balaban J connectivity index is 0.000000226. The van der Waals surface area contributed by atoms with E-state index in [-0.39, 0.29) is 5.41 Å². The summed E-state index contributed by atoms with van der Waals surface area (Å²) in [5.41, 5.74) is 11.5. The minimum absolute atomic E-state index is 0.109. The van der Waals surface area contributed by atoms with Crippen molar-refractivity contribution in [3.8, 4) is 22.3 Å². The van der Waals surface area contributed by atoms with Crippen molar-refractivity contribution in [2.45, 2.75) is 85.5 Å². The average Bonchev–Trinajstić information content (AvgIpc) is 3.58. The first-order valence-electron chi connectivity index (χ1n) is 15.7. The third-order valence-electron chi connectivity index (χ3n) is 8.23. The summed E-state index contributed by atoms with van der Waals surface area (Å²) in [6.07, 6.45) is 2.35. The number of fused-ring (bicyclic) bond motifs is 4. The van der Waals surface area contributed by atoms with E-state index >= 15 is 0 Å². The Morgan fingerprint density at radius 2 is 1.48 bits per heavy atom. The van der Waals surface area contributed by atoms with Gasteiger partial charge in [0.15, 0.2) is 0 Å². The molecule has 0 unspecified atom stereocenters. The molecule has 5 aromatic rings. The van der Waals surface area contributed by atoms with E-state index in [0.717, 1.165) is 15.9 Å². The van der Waals surface area contributed by atoms with Crippen molar-refractivity contribution in [3.05, 3.63) is 113 Å². The largest absolute Gasteiger partial charge is 0.184 e. The molecule has 0 fully saturated rings. The van der Waals surface area contributed by atoms with Crippen molar-refractivity contribution in [2.75, 3.05) is 0 Å². The molecule has 0 spiro atoms. The van der Waals surface area contributed by atoms with Crippen LogP contribution in [-0.4, -0.2) is 9.52 Å². The topological polar surface area (TPSA) is 0 Å². The second-order valence-corrected chi connectivity index (χ2v) is 18.3. The van der Waals surface area contributed by atoms with Crippen LogP contribution in [0.2, 0.25) is 0 Å². The summed E-state index contributed by atoms with van der Waals surface area (Å²) in [4.78, 5) is 0. The molecular formula is C40H44Cl2SiZr. The zero-order valence-corrected chi connectivity index (χ0v) is 32.4. The summed E-state index contributed by atoms with van der Waals surface area (Å²) in [6.45, 7) is 18.5. The van der Waals surface area contributed by atoms with Gasteiger partial charge in [0.2, 0.25) is 0 Å². The van der Waals surface area contributed by atoms with Crippen LogP contribution in [0.4, 0.5) is 0 Å². The summed E-state index contributed by atoms with van der Waals surface area (Å²) in [6, 6.07) is 35.0. The first-order valence-corrected chi connectivity index (χ1v) is 23.0. The zero-order chi connectivity index (χ0) is 32.0. The molecule has 0 saturated heterocycles. The maximum absolute atomic E-state index is 4.93. The number of hydrogen-bond donors (Lipinski definition) is 0. The van der Waals surface area contributed by atoms with Crippen molar-refractivity contribution >= 4 is 47.7 Å². The molecule has 0 bridgehead atoms. The minimum atomic E-state index is -0.826. The maximum Gasteiger partial charge on any atom is 0.0920 e. The summed E-state index contributed by atoms with van der Waals surface area (Å²) < 4.78 is 0. The second kappa shape index (κ2) is 15.6. The van der Waals surface area contributed by atoms with Crippen molar-refractivity contribution in [2.24, 2.45) is 0 Å². The summed E-state index contributed by atoms with van der Waals surface area (Å²) in [7, 11) is 10.7. The van der Waals surface area contributed by atoms with Gasteiger partial charge < -0.3 is 0 Å². The van der Waals surface area contributed by atoms with Gasteiger partial charge in [-0.15, -0.1) is 40.1 Å². The van der Waals surface area contributed by atoms with Crippen LogP contribution >= 0.6 is 17.0 Å². The molecule has 44 heavy (non-hydrogen) atoms. The molecule has 0 atom stereocenters. The smallest absolute Gasteiger partial charge is 0.0920 e. The monoisotopic (exact) mass is 712 g/mol. The fraction of sp³-hybridized carbons (Fsp3) is 0.325. The van der Waals surface area contributed by atoms with Crippen molar-refractivity contribution in [1.29, 1.82) is 0 Å². The van der Waals surface area contributed by atoms with E-state index < -0.39 is 20.8 Å². The molecule has 6 rings (SSSR count). The summed E-state index contributed by atoms with van der Waals surface area (Å²) in [5.74, 6) is 1.06. The van der Waals surface area contributed by atoms with Gasteiger partial charge in [0.1, 0.15) is 0 Å². The van der Waals surface area contributed by atoms with Crippen molar-refractivity contribution in [1.82, 2.24) is 0 Å². The quantitative estimate of drug-likeness (QED) is 0.123. The van der Waals surface area contributed by atoms with Crippen molar-refractivity contribution < 1.29 is 20.8 Å². The van der Waals surface area contributed by atoms with Gasteiger partial charge in [-0.1, -0.05) is 126 Å². The maximum atomic E-state index is 4.93. The third-order valence-corrected chi connectivity index (χ3v) is 9.60. The first kappa shape index (κ1) is 35.0. The molecule has 226 valence electrons. The van der Waals surface area contributed by atoms with Gasteiger partial charge in [0, 0.05) is 0 Å². The van der Waals surface area contributed by atoms with Gasteiger partial charge >= 0.3 is 37.9 Å². The van der Waals surface area contributed by atoms with Gasteiger partial charge in [-0.3, -0.25) is 0 Å². The fourth-order valence-corrected chi connectivity index (χ4v) is 7.24. The Hall–Kier alpha value is -1.83. The molecule has 0 amide bonds. The van der Waals surface area contributed by atoms with Gasteiger partial charge in [-0.05, 0) is 40.4 Å². The van der Waals surface area contributed by atoms with Crippen LogP contribution < -0.4 is 10.4 Å². The average molecular weight is 715 g/mol. The van der Waals surface area contributed by atoms with Crippen LogP contribution in [0.5, 0.6) is 0 Å². The predicted octanol–water partition coefficient (Wildman–Crippen LogP) is 11.2. The molecule has 4 heteroatoms. The Bertz CT molecular complexity index is 1620. The molecule has 1 heterocycles. The number of rotatable bonds is 5. The molecule has 0 N–H and O–H groups in total. The summed E-state index contributed by atoms with van der Waals surface area (Å²) >= 11 is -0.826. The number of benzene rings is 4. The molecule has 5 aromatic carbocycles. The van der Waals surface area contributed by atoms with E-state index in [1.54, 1.807) is 0 Å². The van der Waals surface area contributed by atoms with Crippen molar-refractivity contribution in [3.63, 3.8) is 0 Å². The molecule has 1 aliphatic heterocycles. The number of aryl methyl sites for hydroxylation is 1. The molecule has 0 saturated carbocycles. The predicted molar refractivity (Wildman–Crippen MR) is 193 cm³/mol. The van der Waals surface area contributed by atoms with E-state index in [1.165, 1.54) is 72.1 Å². The molecule has 0 aliphatic carbocycles. The van der Waals surface area contributed by atoms with Crippen LogP contribution in [0.3, 0.4) is 0 Å². The Morgan fingerprint density at radius 3 is 2.09 bits per heavy atom. The first-order chi connectivity index (χ1) is 21.0. The Morgan fingerprint density at radius 1 is 0.841 bits per heavy atom. The van der Waals surface area contributed by atoms with E-state index in [9.17, 15) is 0 Å².